The minimum absolute atomic E-state index is 0.352. The van der Waals surface area contributed by atoms with Gasteiger partial charge in [0.25, 0.3) is 0 Å². The first-order valence-corrected chi connectivity index (χ1v) is 8.21. The highest BCUT2D eigenvalue weighted by Crippen LogP contribution is 2.50. The van der Waals surface area contributed by atoms with Crippen molar-refractivity contribution in [1.29, 1.82) is 0 Å². The average molecular weight is 275 g/mol. The molecule has 1 aromatic rings. The normalized spacial score (nSPS) is 24.4. The highest BCUT2D eigenvalue weighted by molar-refractivity contribution is 5.27. The quantitative estimate of drug-likeness (QED) is 0.736. The van der Waals surface area contributed by atoms with E-state index < -0.39 is 0 Å². The summed E-state index contributed by atoms with van der Waals surface area (Å²) in [6, 6.07) is 11.4. The molecule has 1 fully saturated rings. The molecule has 2 rings (SSSR count). The standard InChI is InChI=1S/C18H29NO/c1-4-12-19-18(17(5-2)20-6-3)16-13-15(16)14-10-8-7-9-11-14/h7-11,15-19H,4-6,12-13H2,1-3H3. The van der Waals surface area contributed by atoms with Crippen molar-refractivity contribution in [2.75, 3.05) is 13.2 Å². The topological polar surface area (TPSA) is 21.3 Å². The fourth-order valence-electron chi connectivity index (χ4n) is 3.25. The Bertz CT molecular complexity index is 378. The van der Waals surface area contributed by atoms with Gasteiger partial charge in [0.05, 0.1) is 6.10 Å². The van der Waals surface area contributed by atoms with E-state index in [-0.39, 0.29) is 0 Å². The molecule has 0 aromatic heterocycles. The summed E-state index contributed by atoms with van der Waals surface area (Å²) in [6.45, 7) is 8.47. The molecule has 112 valence electrons. The molecule has 0 bridgehead atoms. The smallest absolute Gasteiger partial charge is 0.0728 e. The molecule has 0 spiro atoms. The molecule has 1 aliphatic rings. The fourth-order valence-corrected chi connectivity index (χ4v) is 3.25. The van der Waals surface area contributed by atoms with Crippen LogP contribution in [-0.4, -0.2) is 25.3 Å². The Morgan fingerprint density at radius 2 is 1.95 bits per heavy atom. The van der Waals surface area contributed by atoms with E-state index >= 15 is 0 Å². The Kier molecular flexibility index (Phi) is 6.06. The van der Waals surface area contributed by atoms with Crippen LogP contribution in [0.5, 0.6) is 0 Å². The van der Waals surface area contributed by atoms with Crippen LogP contribution in [0.15, 0.2) is 30.3 Å². The third-order valence-electron chi connectivity index (χ3n) is 4.34. The molecule has 20 heavy (non-hydrogen) atoms. The van der Waals surface area contributed by atoms with Gasteiger partial charge in [-0.25, -0.2) is 0 Å². The van der Waals surface area contributed by atoms with Crippen LogP contribution in [0.4, 0.5) is 0 Å². The third kappa shape index (κ3) is 3.83. The third-order valence-corrected chi connectivity index (χ3v) is 4.34. The monoisotopic (exact) mass is 275 g/mol. The van der Waals surface area contributed by atoms with Crippen LogP contribution < -0.4 is 5.32 Å². The van der Waals surface area contributed by atoms with Crippen LogP contribution in [0, 0.1) is 5.92 Å². The van der Waals surface area contributed by atoms with Gasteiger partial charge in [-0.05, 0) is 50.1 Å². The van der Waals surface area contributed by atoms with Gasteiger partial charge in [-0.15, -0.1) is 0 Å². The number of nitrogens with one attached hydrogen (secondary N) is 1. The summed E-state index contributed by atoms with van der Waals surface area (Å²) in [5.41, 5.74) is 1.49. The molecule has 0 saturated heterocycles. The molecule has 1 saturated carbocycles. The van der Waals surface area contributed by atoms with E-state index in [1.165, 1.54) is 18.4 Å². The van der Waals surface area contributed by atoms with Gasteiger partial charge in [0.2, 0.25) is 0 Å². The van der Waals surface area contributed by atoms with Crippen LogP contribution in [0.1, 0.15) is 51.5 Å². The maximum absolute atomic E-state index is 5.97. The van der Waals surface area contributed by atoms with Gasteiger partial charge >= 0.3 is 0 Å². The van der Waals surface area contributed by atoms with Crippen LogP contribution in [0.25, 0.3) is 0 Å². The lowest BCUT2D eigenvalue weighted by atomic mass is 9.99. The Morgan fingerprint density at radius 3 is 2.55 bits per heavy atom. The lowest BCUT2D eigenvalue weighted by Crippen LogP contribution is -2.43. The van der Waals surface area contributed by atoms with Crippen molar-refractivity contribution < 1.29 is 4.74 Å². The van der Waals surface area contributed by atoms with Gasteiger partial charge in [-0.3, -0.25) is 0 Å². The van der Waals surface area contributed by atoms with Crippen LogP contribution in [0.3, 0.4) is 0 Å². The first-order valence-electron chi connectivity index (χ1n) is 8.21. The van der Waals surface area contributed by atoms with Gasteiger partial charge in [0.15, 0.2) is 0 Å². The maximum Gasteiger partial charge on any atom is 0.0728 e. The number of benzene rings is 1. The first kappa shape index (κ1) is 15.5. The molecule has 2 nitrogen and oxygen atoms in total. The molecule has 0 radical (unpaired) electrons. The average Bonchev–Trinajstić information content (AvgIpc) is 3.28. The Hall–Kier alpha value is -0.860. The SMILES string of the molecule is CCCNC(C(CC)OCC)C1CC1c1ccccc1. The maximum atomic E-state index is 5.97. The zero-order chi connectivity index (χ0) is 14.4. The van der Waals surface area contributed by atoms with E-state index in [9.17, 15) is 0 Å². The molecule has 4 atom stereocenters. The summed E-state index contributed by atoms with van der Waals surface area (Å²) in [5, 5.41) is 3.74. The van der Waals surface area contributed by atoms with Gasteiger partial charge in [0.1, 0.15) is 0 Å². The summed E-state index contributed by atoms with van der Waals surface area (Å²) in [5.74, 6) is 1.46. The second kappa shape index (κ2) is 7.80. The lowest BCUT2D eigenvalue weighted by molar-refractivity contribution is 0.0255. The number of rotatable bonds is 9. The molecular formula is C18H29NO. The van der Waals surface area contributed by atoms with Crippen molar-refractivity contribution in [3.63, 3.8) is 0 Å². The van der Waals surface area contributed by atoms with E-state index in [0.717, 1.165) is 31.4 Å². The van der Waals surface area contributed by atoms with Crippen LogP contribution >= 0.6 is 0 Å². The summed E-state index contributed by atoms with van der Waals surface area (Å²) in [6.07, 6.45) is 3.93. The second-order valence-corrected chi connectivity index (χ2v) is 5.80. The zero-order valence-corrected chi connectivity index (χ0v) is 13.1. The molecule has 0 aliphatic heterocycles. The summed E-state index contributed by atoms with van der Waals surface area (Å²) < 4.78 is 5.97. The molecule has 1 aromatic carbocycles. The second-order valence-electron chi connectivity index (χ2n) is 5.80. The first-order chi connectivity index (χ1) is 9.81. The van der Waals surface area contributed by atoms with Crippen LogP contribution in [-0.2, 0) is 4.74 Å². The van der Waals surface area contributed by atoms with Crippen molar-refractivity contribution in [3.05, 3.63) is 35.9 Å². The fraction of sp³-hybridized carbons (Fsp3) is 0.667. The van der Waals surface area contributed by atoms with Gasteiger partial charge < -0.3 is 10.1 Å². The number of hydrogen-bond donors (Lipinski definition) is 1. The highest BCUT2D eigenvalue weighted by Gasteiger charge is 2.46. The summed E-state index contributed by atoms with van der Waals surface area (Å²) in [4.78, 5) is 0. The number of hydrogen-bond acceptors (Lipinski definition) is 2. The summed E-state index contributed by atoms with van der Waals surface area (Å²) in [7, 11) is 0. The van der Waals surface area contributed by atoms with Crippen molar-refractivity contribution in [1.82, 2.24) is 5.32 Å². The van der Waals surface area contributed by atoms with E-state index in [2.05, 4.69) is 56.4 Å². The molecular weight excluding hydrogens is 246 g/mol. The van der Waals surface area contributed by atoms with Crippen molar-refractivity contribution in [3.8, 4) is 0 Å². The van der Waals surface area contributed by atoms with E-state index in [0.29, 0.717) is 12.1 Å². The Labute approximate surface area is 123 Å². The predicted molar refractivity (Wildman–Crippen MR) is 85.1 cm³/mol. The molecule has 0 heterocycles. The van der Waals surface area contributed by atoms with Gasteiger partial charge in [-0.1, -0.05) is 44.2 Å². The predicted octanol–water partition coefficient (Wildman–Crippen LogP) is 3.97. The molecule has 2 heteroatoms. The largest absolute Gasteiger partial charge is 0.377 e. The summed E-state index contributed by atoms with van der Waals surface area (Å²) >= 11 is 0. The van der Waals surface area contributed by atoms with E-state index in [4.69, 9.17) is 4.74 Å². The Morgan fingerprint density at radius 1 is 1.20 bits per heavy atom. The molecule has 1 N–H and O–H groups in total. The molecule has 1 aliphatic carbocycles. The highest BCUT2D eigenvalue weighted by atomic mass is 16.5. The molecule has 0 amide bonds. The molecule has 4 unspecified atom stereocenters. The Balaban J connectivity index is 2.01. The minimum atomic E-state index is 0.352. The van der Waals surface area contributed by atoms with Crippen molar-refractivity contribution in [2.45, 2.75) is 58.1 Å². The zero-order valence-electron chi connectivity index (χ0n) is 13.1. The van der Waals surface area contributed by atoms with Crippen LogP contribution in [0.2, 0.25) is 0 Å². The van der Waals surface area contributed by atoms with Crippen molar-refractivity contribution >= 4 is 0 Å². The van der Waals surface area contributed by atoms with E-state index in [1.807, 2.05) is 0 Å². The van der Waals surface area contributed by atoms with Crippen molar-refractivity contribution in [2.24, 2.45) is 5.92 Å². The van der Waals surface area contributed by atoms with E-state index in [1.54, 1.807) is 0 Å². The van der Waals surface area contributed by atoms with Gasteiger partial charge in [-0.2, -0.15) is 0 Å². The minimum Gasteiger partial charge on any atom is -0.377 e. The number of ether oxygens (including phenoxy) is 1. The van der Waals surface area contributed by atoms with Gasteiger partial charge in [0, 0.05) is 12.6 Å². The lowest BCUT2D eigenvalue weighted by Gasteiger charge is -2.28.